The largest absolute Gasteiger partial charge is 0.489 e. The van der Waals surface area contributed by atoms with Crippen LogP contribution in [0.25, 0.3) is 0 Å². The fourth-order valence-corrected chi connectivity index (χ4v) is 3.22. The van der Waals surface area contributed by atoms with E-state index >= 15 is 0 Å². The van der Waals surface area contributed by atoms with Crippen molar-refractivity contribution < 1.29 is 9.47 Å². The third kappa shape index (κ3) is 4.87. The van der Waals surface area contributed by atoms with Crippen molar-refractivity contribution in [2.45, 2.75) is 32.1 Å². The quantitative estimate of drug-likeness (QED) is 0.761. The topological polar surface area (TPSA) is 30.5 Å². The van der Waals surface area contributed by atoms with Gasteiger partial charge >= 0.3 is 0 Å². The van der Waals surface area contributed by atoms with Crippen LogP contribution in [0.2, 0.25) is 10.0 Å². The third-order valence-corrected chi connectivity index (χ3v) is 4.67. The van der Waals surface area contributed by atoms with Crippen molar-refractivity contribution in [3.05, 3.63) is 63.6 Å². The van der Waals surface area contributed by atoms with Crippen LogP contribution in [0, 0.1) is 0 Å². The lowest BCUT2D eigenvalue weighted by Crippen LogP contribution is -2.25. The summed E-state index contributed by atoms with van der Waals surface area (Å²) in [6, 6.07) is 13.5. The van der Waals surface area contributed by atoms with Crippen molar-refractivity contribution in [2.75, 3.05) is 13.2 Å². The van der Waals surface area contributed by atoms with Gasteiger partial charge in [0.1, 0.15) is 12.4 Å². The molecule has 128 valence electrons. The van der Waals surface area contributed by atoms with E-state index in [1.165, 1.54) is 0 Å². The molecule has 1 aliphatic rings. The lowest BCUT2D eigenvalue weighted by Gasteiger charge is -2.14. The summed E-state index contributed by atoms with van der Waals surface area (Å²) in [5.74, 6) is 0.864. The van der Waals surface area contributed by atoms with Crippen molar-refractivity contribution >= 4 is 23.2 Å². The van der Waals surface area contributed by atoms with Crippen LogP contribution in [-0.2, 0) is 17.9 Å². The highest BCUT2D eigenvalue weighted by atomic mass is 35.5. The minimum Gasteiger partial charge on any atom is -0.489 e. The zero-order valence-electron chi connectivity index (χ0n) is 13.4. The molecule has 0 amide bonds. The summed E-state index contributed by atoms with van der Waals surface area (Å²) in [5, 5.41) is 4.70. The van der Waals surface area contributed by atoms with Gasteiger partial charge in [0.25, 0.3) is 0 Å². The Morgan fingerprint density at radius 3 is 2.79 bits per heavy atom. The van der Waals surface area contributed by atoms with E-state index in [1.807, 2.05) is 30.3 Å². The molecule has 0 spiro atoms. The molecule has 24 heavy (non-hydrogen) atoms. The van der Waals surface area contributed by atoms with Gasteiger partial charge in [-0.2, -0.15) is 0 Å². The maximum atomic E-state index is 6.20. The van der Waals surface area contributed by atoms with Crippen LogP contribution < -0.4 is 10.1 Å². The van der Waals surface area contributed by atoms with Gasteiger partial charge in [-0.3, -0.25) is 0 Å². The number of para-hydroxylation sites is 1. The summed E-state index contributed by atoms with van der Waals surface area (Å²) in [7, 11) is 0. The van der Waals surface area contributed by atoms with E-state index in [0.29, 0.717) is 22.8 Å². The zero-order chi connectivity index (χ0) is 16.8. The van der Waals surface area contributed by atoms with Gasteiger partial charge in [0.15, 0.2) is 0 Å². The predicted molar refractivity (Wildman–Crippen MR) is 97.9 cm³/mol. The van der Waals surface area contributed by atoms with Crippen LogP contribution in [0.15, 0.2) is 42.5 Å². The van der Waals surface area contributed by atoms with Gasteiger partial charge in [0.2, 0.25) is 0 Å². The molecule has 5 heteroatoms. The van der Waals surface area contributed by atoms with E-state index in [2.05, 4.69) is 11.4 Å². The van der Waals surface area contributed by atoms with E-state index in [9.17, 15) is 0 Å². The number of ether oxygens (including phenoxy) is 2. The first-order valence-corrected chi connectivity index (χ1v) is 8.95. The molecule has 0 bridgehead atoms. The van der Waals surface area contributed by atoms with Crippen molar-refractivity contribution in [3.8, 4) is 5.75 Å². The van der Waals surface area contributed by atoms with Crippen molar-refractivity contribution in [3.63, 3.8) is 0 Å². The SMILES string of the molecule is Clc1ccc(COc2ccccc2CNC[C@H]2CCCO2)c(Cl)c1. The molecule has 3 rings (SSSR count). The Bertz CT molecular complexity index is 672. The molecule has 1 saturated heterocycles. The summed E-state index contributed by atoms with van der Waals surface area (Å²) in [6.45, 7) is 2.92. The second kappa shape index (κ2) is 8.72. The molecular formula is C19H21Cl2NO2. The number of halogens is 2. The third-order valence-electron chi connectivity index (χ3n) is 4.08. The Balaban J connectivity index is 1.56. The molecular weight excluding hydrogens is 345 g/mol. The fraction of sp³-hybridized carbons (Fsp3) is 0.368. The van der Waals surface area contributed by atoms with Gasteiger partial charge in [0.05, 0.1) is 6.10 Å². The second-order valence-corrected chi connectivity index (χ2v) is 6.74. The Morgan fingerprint density at radius 1 is 1.12 bits per heavy atom. The van der Waals surface area contributed by atoms with Gasteiger partial charge in [-0.15, -0.1) is 0 Å². The van der Waals surface area contributed by atoms with Crippen molar-refractivity contribution in [1.82, 2.24) is 5.32 Å². The van der Waals surface area contributed by atoms with E-state index in [1.54, 1.807) is 6.07 Å². The van der Waals surface area contributed by atoms with Crippen LogP contribution >= 0.6 is 23.2 Å². The Kier molecular flexibility index (Phi) is 6.38. The van der Waals surface area contributed by atoms with Gasteiger partial charge in [-0.1, -0.05) is 47.5 Å². The Labute approximate surface area is 152 Å². The molecule has 2 aromatic rings. The lowest BCUT2D eigenvalue weighted by molar-refractivity contribution is 0.110. The highest BCUT2D eigenvalue weighted by Crippen LogP contribution is 2.24. The molecule has 1 aliphatic heterocycles. The van der Waals surface area contributed by atoms with Crippen LogP contribution in [0.3, 0.4) is 0 Å². The first-order valence-electron chi connectivity index (χ1n) is 8.19. The summed E-state index contributed by atoms with van der Waals surface area (Å²) >= 11 is 12.1. The molecule has 0 saturated carbocycles. The van der Waals surface area contributed by atoms with Crippen LogP contribution in [-0.4, -0.2) is 19.3 Å². The van der Waals surface area contributed by atoms with Gasteiger partial charge in [-0.05, 0) is 31.0 Å². The number of benzene rings is 2. The van der Waals surface area contributed by atoms with E-state index in [-0.39, 0.29) is 0 Å². The molecule has 0 unspecified atom stereocenters. The molecule has 1 N–H and O–H groups in total. The minimum absolute atomic E-state index is 0.339. The average molecular weight is 366 g/mol. The standard InChI is InChI=1S/C19H21Cl2NO2/c20-16-8-7-15(18(21)10-16)13-24-19-6-2-1-4-14(19)11-22-12-17-5-3-9-23-17/h1-2,4,6-8,10,17,22H,3,5,9,11-13H2/t17-/m1/s1. The Hall–Kier alpha value is -1.26. The Morgan fingerprint density at radius 2 is 2.00 bits per heavy atom. The molecule has 3 nitrogen and oxygen atoms in total. The van der Waals surface area contributed by atoms with E-state index < -0.39 is 0 Å². The lowest BCUT2D eigenvalue weighted by atomic mass is 10.2. The molecule has 0 radical (unpaired) electrons. The van der Waals surface area contributed by atoms with Crippen LogP contribution in [0.1, 0.15) is 24.0 Å². The number of rotatable bonds is 7. The van der Waals surface area contributed by atoms with Gasteiger partial charge < -0.3 is 14.8 Å². The number of hydrogen-bond acceptors (Lipinski definition) is 3. The number of nitrogens with one attached hydrogen (secondary N) is 1. The average Bonchev–Trinajstić information content (AvgIpc) is 3.08. The molecule has 2 aromatic carbocycles. The maximum absolute atomic E-state index is 6.20. The molecule has 0 aliphatic carbocycles. The highest BCUT2D eigenvalue weighted by molar-refractivity contribution is 6.35. The highest BCUT2D eigenvalue weighted by Gasteiger charge is 2.15. The maximum Gasteiger partial charge on any atom is 0.124 e. The minimum atomic E-state index is 0.339. The first-order chi connectivity index (χ1) is 11.7. The first kappa shape index (κ1) is 17.6. The van der Waals surface area contributed by atoms with Crippen molar-refractivity contribution in [1.29, 1.82) is 0 Å². The monoisotopic (exact) mass is 365 g/mol. The molecule has 1 fully saturated rings. The smallest absolute Gasteiger partial charge is 0.124 e. The molecule has 0 aromatic heterocycles. The summed E-state index contributed by atoms with van der Waals surface area (Å²) in [6.07, 6.45) is 2.64. The van der Waals surface area contributed by atoms with Crippen LogP contribution in [0.4, 0.5) is 0 Å². The summed E-state index contributed by atoms with van der Waals surface area (Å²) < 4.78 is 11.6. The van der Waals surface area contributed by atoms with Gasteiger partial charge in [0, 0.05) is 40.9 Å². The molecule has 1 atom stereocenters. The summed E-state index contributed by atoms with van der Waals surface area (Å²) in [4.78, 5) is 0. The predicted octanol–water partition coefficient (Wildman–Crippen LogP) is 4.84. The van der Waals surface area contributed by atoms with E-state index in [0.717, 1.165) is 49.4 Å². The molecule has 1 heterocycles. The van der Waals surface area contributed by atoms with Crippen molar-refractivity contribution in [2.24, 2.45) is 0 Å². The van der Waals surface area contributed by atoms with E-state index in [4.69, 9.17) is 32.7 Å². The normalized spacial score (nSPS) is 17.2. The van der Waals surface area contributed by atoms with Crippen LogP contribution in [0.5, 0.6) is 5.75 Å². The van der Waals surface area contributed by atoms with Gasteiger partial charge in [-0.25, -0.2) is 0 Å². The summed E-state index contributed by atoms with van der Waals surface area (Å²) in [5.41, 5.74) is 2.05. The second-order valence-electron chi connectivity index (χ2n) is 5.90. The fourth-order valence-electron chi connectivity index (χ4n) is 2.76. The number of hydrogen-bond donors (Lipinski definition) is 1. The zero-order valence-corrected chi connectivity index (χ0v) is 14.9.